The molecule has 0 aromatic heterocycles. The highest BCUT2D eigenvalue weighted by Crippen LogP contribution is 2.10. The molecule has 2 atom stereocenters. The van der Waals surface area contributed by atoms with Gasteiger partial charge in [0, 0.05) is 19.2 Å². The van der Waals surface area contributed by atoms with Crippen molar-refractivity contribution in [3.05, 3.63) is 0 Å². The van der Waals surface area contributed by atoms with Crippen LogP contribution in [-0.2, 0) is 9.53 Å². The third kappa shape index (κ3) is 7.50. The van der Waals surface area contributed by atoms with Crippen LogP contribution in [0.1, 0.15) is 32.6 Å². The molecule has 0 spiro atoms. The Morgan fingerprint density at radius 1 is 1.53 bits per heavy atom. The first kappa shape index (κ1) is 16.4. The average Bonchev–Trinajstić information content (AvgIpc) is 2.37. The van der Waals surface area contributed by atoms with Crippen LogP contribution < -0.4 is 10.6 Å². The number of nitrogens with one attached hydrogen (secondary N) is 2. The fourth-order valence-electron chi connectivity index (χ4n) is 2.48. The first-order chi connectivity index (χ1) is 9.11. The minimum atomic E-state index is 0.0728. The minimum Gasteiger partial charge on any atom is -0.383 e. The van der Waals surface area contributed by atoms with Gasteiger partial charge in [-0.1, -0.05) is 6.42 Å². The number of carbonyl (C=O) groups excluding carboxylic acids is 1. The maximum Gasteiger partial charge on any atom is 0.234 e. The molecular formula is C14H29N3O2. The number of carbonyl (C=O) groups is 1. The molecule has 1 fully saturated rings. The van der Waals surface area contributed by atoms with Crippen molar-refractivity contribution in [2.75, 3.05) is 40.4 Å². The molecule has 2 N–H and O–H groups in total. The Balaban J connectivity index is 2.11. The molecule has 5 nitrogen and oxygen atoms in total. The Morgan fingerprint density at radius 2 is 2.32 bits per heavy atom. The lowest BCUT2D eigenvalue weighted by molar-refractivity contribution is -0.122. The molecule has 1 amide bonds. The van der Waals surface area contributed by atoms with Gasteiger partial charge in [-0.25, -0.2) is 0 Å². The molecule has 0 radical (unpaired) electrons. The molecule has 1 heterocycles. The fourth-order valence-corrected chi connectivity index (χ4v) is 2.48. The van der Waals surface area contributed by atoms with Crippen molar-refractivity contribution in [3.63, 3.8) is 0 Å². The van der Waals surface area contributed by atoms with Crippen LogP contribution in [0.3, 0.4) is 0 Å². The van der Waals surface area contributed by atoms with Crippen molar-refractivity contribution in [1.82, 2.24) is 15.5 Å². The Morgan fingerprint density at radius 3 is 2.95 bits per heavy atom. The van der Waals surface area contributed by atoms with E-state index in [0.29, 0.717) is 19.2 Å². The van der Waals surface area contributed by atoms with Gasteiger partial charge < -0.3 is 15.4 Å². The van der Waals surface area contributed by atoms with E-state index in [4.69, 9.17) is 4.74 Å². The molecule has 5 heteroatoms. The smallest absolute Gasteiger partial charge is 0.234 e. The van der Waals surface area contributed by atoms with E-state index in [-0.39, 0.29) is 11.9 Å². The van der Waals surface area contributed by atoms with E-state index < -0.39 is 0 Å². The number of amides is 1. The summed E-state index contributed by atoms with van der Waals surface area (Å²) < 4.78 is 5.00. The topological polar surface area (TPSA) is 53.6 Å². The minimum absolute atomic E-state index is 0.0728. The van der Waals surface area contributed by atoms with Gasteiger partial charge >= 0.3 is 0 Å². The molecule has 1 rings (SSSR count). The molecule has 1 aliphatic rings. The van der Waals surface area contributed by atoms with Crippen LogP contribution >= 0.6 is 0 Å². The Labute approximate surface area is 117 Å². The lowest BCUT2D eigenvalue weighted by Crippen LogP contribution is -2.43. The normalized spacial score (nSPS) is 21.4. The number of nitrogens with zero attached hydrogens (tertiary/aromatic N) is 1. The van der Waals surface area contributed by atoms with Crippen LogP contribution in [-0.4, -0.2) is 63.3 Å². The third-order valence-electron chi connectivity index (χ3n) is 3.51. The van der Waals surface area contributed by atoms with E-state index in [1.54, 1.807) is 7.11 Å². The lowest BCUT2D eigenvalue weighted by atomic mass is 10.0. The SMILES string of the molecule is COCC(C)NC(=O)CN(C)CCC1CCCCN1. The van der Waals surface area contributed by atoms with Gasteiger partial charge in [-0.05, 0) is 46.3 Å². The number of hydrogen-bond acceptors (Lipinski definition) is 4. The molecule has 0 saturated carbocycles. The van der Waals surface area contributed by atoms with Gasteiger partial charge in [0.1, 0.15) is 0 Å². The number of methoxy groups -OCH3 is 1. The Kier molecular flexibility index (Phi) is 8.02. The highest BCUT2D eigenvalue weighted by atomic mass is 16.5. The third-order valence-corrected chi connectivity index (χ3v) is 3.51. The van der Waals surface area contributed by atoms with Gasteiger partial charge in [0.05, 0.1) is 13.2 Å². The van der Waals surface area contributed by atoms with Crippen LogP contribution in [0.5, 0.6) is 0 Å². The highest BCUT2D eigenvalue weighted by molar-refractivity contribution is 5.78. The van der Waals surface area contributed by atoms with Crippen molar-refractivity contribution in [2.45, 2.75) is 44.7 Å². The second-order valence-corrected chi connectivity index (χ2v) is 5.60. The van der Waals surface area contributed by atoms with Crippen molar-refractivity contribution < 1.29 is 9.53 Å². The predicted molar refractivity (Wildman–Crippen MR) is 77.2 cm³/mol. The van der Waals surface area contributed by atoms with E-state index in [1.807, 2.05) is 14.0 Å². The molecule has 19 heavy (non-hydrogen) atoms. The van der Waals surface area contributed by atoms with E-state index in [2.05, 4.69) is 15.5 Å². The summed E-state index contributed by atoms with van der Waals surface area (Å²) in [6.45, 7) is 5.07. The monoisotopic (exact) mass is 271 g/mol. The zero-order valence-electron chi connectivity index (χ0n) is 12.6. The second kappa shape index (κ2) is 9.28. The number of piperidine rings is 1. The lowest BCUT2D eigenvalue weighted by Gasteiger charge is -2.26. The molecule has 0 aromatic carbocycles. The predicted octanol–water partition coefficient (Wildman–Crippen LogP) is 0.602. The van der Waals surface area contributed by atoms with Gasteiger partial charge in [0.15, 0.2) is 0 Å². The van der Waals surface area contributed by atoms with Crippen molar-refractivity contribution in [3.8, 4) is 0 Å². The highest BCUT2D eigenvalue weighted by Gasteiger charge is 2.14. The Bertz CT molecular complexity index is 255. The van der Waals surface area contributed by atoms with E-state index in [1.165, 1.54) is 19.3 Å². The van der Waals surface area contributed by atoms with Crippen LogP contribution in [0.4, 0.5) is 0 Å². The molecule has 2 unspecified atom stereocenters. The largest absolute Gasteiger partial charge is 0.383 e. The maximum absolute atomic E-state index is 11.8. The number of likely N-dealkylation sites (N-methyl/N-ethyl adjacent to an activating group) is 1. The van der Waals surface area contributed by atoms with Gasteiger partial charge in [-0.15, -0.1) is 0 Å². The first-order valence-electron chi connectivity index (χ1n) is 7.32. The summed E-state index contributed by atoms with van der Waals surface area (Å²) in [5, 5.41) is 6.46. The molecule has 1 saturated heterocycles. The second-order valence-electron chi connectivity index (χ2n) is 5.60. The molecule has 1 aliphatic heterocycles. The standard InChI is InChI=1S/C14H29N3O2/c1-12(11-19-3)16-14(18)10-17(2)9-7-13-6-4-5-8-15-13/h12-13,15H,4-11H2,1-3H3,(H,16,18). The van der Waals surface area contributed by atoms with E-state index in [9.17, 15) is 4.79 Å². The van der Waals surface area contributed by atoms with Crippen LogP contribution in [0.15, 0.2) is 0 Å². The van der Waals surface area contributed by atoms with Crippen molar-refractivity contribution in [1.29, 1.82) is 0 Å². The van der Waals surface area contributed by atoms with Gasteiger partial charge in [-0.2, -0.15) is 0 Å². The maximum atomic E-state index is 11.8. The zero-order valence-corrected chi connectivity index (χ0v) is 12.6. The van der Waals surface area contributed by atoms with Crippen LogP contribution in [0.2, 0.25) is 0 Å². The average molecular weight is 271 g/mol. The molecule has 0 bridgehead atoms. The van der Waals surface area contributed by atoms with Gasteiger partial charge in [0.2, 0.25) is 5.91 Å². The summed E-state index contributed by atoms with van der Waals surface area (Å²) in [4.78, 5) is 13.9. The number of ether oxygens (including phenoxy) is 1. The number of hydrogen-bond donors (Lipinski definition) is 2. The summed E-state index contributed by atoms with van der Waals surface area (Å²) in [6, 6.07) is 0.706. The summed E-state index contributed by atoms with van der Waals surface area (Å²) in [5.74, 6) is 0.0728. The molecular weight excluding hydrogens is 242 g/mol. The summed E-state index contributed by atoms with van der Waals surface area (Å²) in [7, 11) is 3.65. The molecule has 0 aliphatic carbocycles. The number of rotatable bonds is 8. The Hall–Kier alpha value is -0.650. The van der Waals surface area contributed by atoms with Crippen molar-refractivity contribution in [2.24, 2.45) is 0 Å². The summed E-state index contributed by atoms with van der Waals surface area (Å²) in [5.41, 5.74) is 0. The van der Waals surface area contributed by atoms with Gasteiger partial charge in [-0.3, -0.25) is 9.69 Å². The van der Waals surface area contributed by atoms with Crippen molar-refractivity contribution >= 4 is 5.91 Å². The van der Waals surface area contributed by atoms with E-state index >= 15 is 0 Å². The summed E-state index contributed by atoms with van der Waals surface area (Å²) in [6.07, 6.45) is 5.02. The van der Waals surface area contributed by atoms with Crippen LogP contribution in [0, 0.1) is 0 Å². The quantitative estimate of drug-likeness (QED) is 0.679. The van der Waals surface area contributed by atoms with E-state index in [0.717, 1.165) is 19.5 Å². The fraction of sp³-hybridized carbons (Fsp3) is 0.929. The molecule has 112 valence electrons. The molecule has 0 aromatic rings. The zero-order chi connectivity index (χ0) is 14.1. The van der Waals surface area contributed by atoms with Crippen LogP contribution in [0.25, 0.3) is 0 Å². The summed E-state index contributed by atoms with van der Waals surface area (Å²) >= 11 is 0. The first-order valence-corrected chi connectivity index (χ1v) is 7.32. The van der Waals surface area contributed by atoms with Gasteiger partial charge in [0.25, 0.3) is 0 Å².